The summed E-state index contributed by atoms with van der Waals surface area (Å²) in [6.45, 7) is 0. The molecule has 5 nitrogen and oxygen atoms in total. The van der Waals surface area contributed by atoms with Crippen LogP contribution >= 0.6 is 11.6 Å². The van der Waals surface area contributed by atoms with Crippen molar-refractivity contribution in [3.8, 4) is 16.9 Å². The van der Waals surface area contributed by atoms with Gasteiger partial charge in [0, 0.05) is 21.8 Å². The Morgan fingerprint density at radius 1 is 1.06 bits per heavy atom. The van der Waals surface area contributed by atoms with Gasteiger partial charge < -0.3 is 15.2 Å². The number of alkyl halides is 6. The number of halogens is 7. The zero-order valence-corrected chi connectivity index (χ0v) is 15.7. The van der Waals surface area contributed by atoms with Crippen molar-refractivity contribution in [3.05, 3.63) is 52.6 Å². The minimum Gasteiger partial charge on any atom is -0.475 e. The van der Waals surface area contributed by atoms with Gasteiger partial charge >= 0.3 is 24.3 Å². The highest BCUT2D eigenvalue weighted by molar-refractivity contribution is 6.31. The SMILES string of the molecule is Nc1cccc(-c2cc(Cl)cc3c2OC(C(F)(F)F)C(C(=O)OC(=O)C(F)(F)F)=C3)c1. The van der Waals surface area contributed by atoms with Gasteiger partial charge in [-0.1, -0.05) is 23.7 Å². The van der Waals surface area contributed by atoms with Crippen molar-refractivity contribution in [3.63, 3.8) is 0 Å². The molecule has 0 aromatic heterocycles. The number of benzene rings is 2. The Hall–Kier alpha value is -3.21. The van der Waals surface area contributed by atoms with E-state index in [1.807, 2.05) is 0 Å². The minimum atomic E-state index is -5.58. The first-order chi connectivity index (χ1) is 14.3. The van der Waals surface area contributed by atoms with Gasteiger partial charge in [-0.2, -0.15) is 26.3 Å². The number of carbonyl (C=O) groups excluding carboxylic acids is 2. The zero-order chi connectivity index (χ0) is 23.1. The van der Waals surface area contributed by atoms with E-state index in [4.69, 9.17) is 22.1 Å². The Kier molecular flexibility index (Phi) is 5.66. The molecule has 0 fully saturated rings. The second kappa shape index (κ2) is 7.80. The fourth-order valence-corrected chi connectivity index (χ4v) is 3.04. The number of nitrogens with two attached hydrogens (primary N) is 1. The van der Waals surface area contributed by atoms with E-state index in [9.17, 15) is 35.9 Å². The molecule has 1 atom stereocenters. The van der Waals surface area contributed by atoms with Crippen molar-refractivity contribution in [2.45, 2.75) is 18.5 Å². The highest BCUT2D eigenvalue weighted by Gasteiger charge is 2.51. The van der Waals surface area contributed by atoms with Gasteiger partial charge in [0.1, 0.15) is 5.75 Å². The second-order valence-electron chi connectivity index (χ2n) is 6.31. The van der Waals surface area contributed by atoms with E-state index in [0.717, 1.165) is 6.07 Å². The first-order valence-corrected chi connectivity index (χ1v) is 8.63. The van der Waals surface area contributed by atoms with Crippen LogP contribution in [0.5, 0.6) is 5.75 Å². The molecular weight excluding hydrogens is 456 g/mol. The number of hydrogen-bond acceptors (Lipinski definition) is 5. The smallest absolute Gasteiger partial charge is 0.475 e. The standard InChI is InChI=1S/C19H10ClF6NO4/c20-10-4-9-6-13(16(28)31-17(29)19(24,25)26)15(18(21,22)23)30-14(9)12(7-10)8-2-1-3-11(27)5-8/h1-7,15H,27H2. The van der Waals surface area contributed by atoms with Gasteiger partial charge in [-0.25, -0.2) is 9.59 Å². The van der Waals surface area contributed by atoms with E-state index in [0.29, 0.717) is 17.3 Å². The summed E-state index contributed by atoms with van der Waals surface area (Å²) in [5.41, 5.74) is 4.94. The molecule has 1 aliphatic heterocycles. The average molecular weight is 466 g/mol. The number of nitrogen functional groups attached to an aromatic ring is 1. The van der Waals surface area contributed by atoms with Crippen LogP contribution in [0.4, 0.5) is 32.0 Å². The third-order valence-corrected chi connectivity index (χ3v) is 4.28. The molecule has 3 rings (SSSR count). The van der Waals surface area contributed by atoms with Gasteiger partial charge in [0.25, 0.3) is 0 Å². The monoisotopic (exact) mass is 465 g/mol. The van der Waals surface area contributed by atoms with Crippen LogP contribution in [-0.4, -0.2) is 30.4 Å². The van der Waals surface area contributed by atoms with E-state index in [2.05, 4.69) is 4.74 Å². The molecule has 1 heterocycles. The third kappa shape index (κ3) is 4.76. The van der Waals surface area contributed by atoms with Crippen molar-refractivity contribution in [1.29, 1.82) is 0 Å². The summed E-state index contributed by atoms with van der Waals surface area (Å²) in [7, 11) is 0. The van der Waals surface area contributed by atoms with Crippen LogP contribution in [0.3, 0.4) is 0 Å². The molecule has 2 aromatic rings. The first-order valence-electron chi connectivity index (χ1n) is 8.25. The minimum absolute atomic E-state index is 0.0283. The van der Waals surface area contributed by atoms with Gasteiger partial charge in [-0.15, -0.1) is 0 Å². The zero-order valence-electron chi connectivity index (χ0n) is 15.0. The predicted molar refractivity (Wildman–Crippen MR) is 96.9 cm³/mol. The number of hydrogen-bond donors (Lipinski definition) is 1. The number of ether oxygens (including phenoxy) is 2. The van der Waals surface area contributed by atoms with Crippen LogP contribution in [-0.2, 0) is 14.3 Å². The lowest BCUT2D eigenvalue weighted by atomic mass is 9.95. The van der Waals surface area contributed by atoms with E-state index >= 15 is 0 Å². The van der Waals surface area contributed by atoms with Crippen molar-refractivity contribution in [1.82, 2.24) is 0 Å². The average Bonchev–Trinajstić information content (AvgIpc) is 2.64. The molecule has 12 heteroatoms. The highest BCUT2D eigenvalue weighted by atomic mass is 35.5. The first kappa shape index (κ1) is 22.5. The fourth-order valence-electron chi connectivity index (χ4n) is 2.81. The molecule has 2 aromatic carbocycles. The molecule has 164 valence electrons. The number of carbonyl (C=O) groups is 2. The van der Waals surface area contributed by atoms with Crippen LogP contribution in [0, 0.1) is 0 Å². The van der Waals surface area contributed by atoms with Crippen molar-refractivity contribution < 1.29 is 45.4 Å². The Balaban J connectivity index is 2.14. The van der Waals surface area contributed by atoms with Crippen molar-refractivity contribution >= 4 is 35.3 Å². The largest absolute Gasteiger partial charge is 0.491 e. The Morgan fingerprint density at radius 2 is 1.74 bits per heavy atom. The molecule has 0 aliphatic carbocycles. The summed E-state index contributed by atoms with van der Waals surface area (Å²) in [5.74, 6) is -5.45. The quantitative estimate of drug-likeness (QED) is 0.294. The molecule has 31 heavy (non-hydrogen) atoms. The Morgan fingerprint density at radius 3 is 2.32 bits per heavy atom. The molecule has 0 saturated heterocycles. The molecule has 2 N–H and O–H groups in total. The molecule has 0 bridgehead atoms. The molecule has 0 saturated carbocycles. The lowest BCUT2D eigenvalue weighted by Crippen LogP contribution is -2.42. The lowest BCUT2D eigenvalue weighted by molar-refractivity contribution is -0.204. The summed E-state index contributed by atoms with van der Waals surface area (Å²) < 4.78 is 86.3. The molecule has 0 amide bonds. The number of anilines is 1. The summed E-state index contributed by atoms with van der Waals surface area (Å²) >= 11 is 6.01. The maximum absolute atomic E-state index is 13.6. The Bertz CT molecular complexity index is 1090. The van der Waals surface area contributed by atoms with Gasteiger partial charge in [0.15, 0.2) is 0 Å². The van der Waals surface area contributed by atoms with Crippen LogP contribution in [0.1, 0.15) is 5.56 Å². The maximum Gasteiger partial charge on any atom is 0.491 e. The van der Waals surface area contributed by atoms with Crippen molar-refractivity contribution in [2.24, 2.45) is 0 Å². The van der Waals surface area contributed by atoms with Gasteiger partial charge in [-0.05, 0) is 35.9 Å². The van der Waals surface area contributed by atoms with E-state index < -0.39 is 36.0 Å². The lowest BCUT2D eigenvalue weighted by Gasteiger charge is -2.29. The van der Waals surface area contributed by atoms with Crippen LogP contribution in [0.2, 0.25) is 5.02 Å². The fraction of sp³-hybridized carbons (Fsp3) is 0.158. The highest BCUT2D eigenvalue weighted by Crippen LogP contribution is 2.44. The molecule has 1 unspecified atom stereocenters. The molecule has 1 aliphatic rings. The van der Waals surface area contributed by atoms with Gasteiger partial charge in [0.05, 0.1) is 5.57 Å². The summed E-state index contributed by atoms with van der Waals surface area (Å²) in [5, 5.41) is 0.0283. The van der Waals surface area contributed by atoms with Crippen molar-refractivity contribution in [2.75, 3.05) is 5.73 Å². The number of fused-ring (bicyclic) bond motifs is 1. The molecular formula is C19H10ClF6NO4. The van der Waals surface area contributed by atoms with E-state index in [1.54, 1.807) is 0 Å². The van der Waals surface area contributed by atoms with Crippen LogP contribution in [0.25, 0.3) is 17.2 Å². The topological polar surface area (TPSA) is 78.6 Å². The normalized spacial score (nSPS) is 16.1. The van der Waals surface area contributed by atoms with Gasteiger partial charge in [0.2, 0.25) is 6.10 Å². The Labute approximate surface area is 175 Å². The molecule has 0 spiro atoms. The number of rotatable bonds is 2. The summed E-state index contributed by atoms with van der Waals surface area (Å²) in [6, 6.07) is 8.46. The molecule has 0 radical (unpaired) electrons. The van der Waals surface area contributed by atoms with Crippen LogP contribution in [0.15, 0.2) is 42.0 Å². The summed E-state index contributed by atoms with van der Waals surface area (Å²) in [6.07, 6.45) is -13.2. The van der Waals surface area contributed by atoms with Gasteiger partial charge in [-0.3, -0.25) is 0 Å². The summed E-state index contributed by atoms with van der Waals surface area (Å²) in [4.78, 5) is 22.9. The van der Waals surface area contributed by atoms with E-state index in [-0.39, 0.29) is 21.9 Å². The van der Waals surface area contributed by atoms with E-state index in [1.165, 1.54) is 30.3 Å². The predicted octanol–water partition coefficient (Wildman–Crippen LogP) is 4.93. The maximum atomic E-state index is 13.6. The third-order valence-electron chi connectivity index (χ3n) is 4.06. The van der Waals surface area contributed by atoms with Crippen LogP contribution < -0.4 is 10.5 Å². The number of esters is 2. The second-order valence-corrected chi connectivity index (χ2v) is 6.75.